The maximum absolute atomic E-state index is 15.2. The van der Waals surface area contributed by atoms with Crippen molar-refractivity contribution in [3.63, 3.8) is 0 Å². The van der Waals surface area contributed by atoms with Crippen molar-refractivity contribution in [2.45, 2.75) is 64.9 Å². The van der Waals surface area contributed by atoms with Crippen molar-refractivity contribution >= 4 is 10.8 Å². The number of alkyl halides is 2. The van der Waals surface area contributed by atoms with Crippen LogP contribution in [0.15, 0.2) is 54.9 Å². The van der Waals surface area contributed by atoms with Crippen LogP contribution in [0.1, 0.15) is 54.3 Å². The maximum Gasteiger partial charge on any atom is 0.387 e. The summed E-state index contributed by atoms with van der Waals surface area (Å²) in [7, 11) is 0. The van der Waals surface area contributed by atoms with Crippen molar-refractivity contribution in [2.75, 3.05) is 0 Å². The average molecular weight is 529 g/mol. The van der Waals surface area contributed by atoms with Crippen LogP contribution in [0.2, 0.25) is 0 Å². The number of aromatic nitrogens is 2. The topological polar surface area (TPSA) is 35.0 Å². The van der Waals surface area contributed by atoms with E-state index in [-0.39, 0.29) is 18.4 Å². The van der Waals surface area contributed by atoms with Crippen LogP contribution in [-0.4, -0.2) is 16.6 Å². The summed E-state index contributed by atoms with van der Waals surface area (Å²) in [6.07, 6.45) is 9.99. The normalized spacial score (nSPS) is 11.4. The molecule has 0 atom stereocenters. The molecule has 0 amide bonds. The number of fused-ring (bicyclic) bond motifs is 1. The highest BCUT2D eigenvalue weighted by Gasteiger charge is 2.17. The monoisotopic (exact) mass is 528 g/mol. The Morgan fingerprint density at radius 2 is 1.45 bits per heavy atom. The Kier molecular flexibility index (Phi) is 9.26. The number of benzene rings is 3. The van der Waals surface area contributed by atoms with Crippen LogP contribution in [0.25, 0.3) is 10.8 Å². The van der Waals surface area contributed by atoms with Crippen molar-refractivity contribution in [3.05, 3.63) is 100 Å². The number of rotatable bonds is 12. The fourth-order valence-corrected chi connectivity index (χ4v) is 4.45. The molecule has 4 rings (SSSR count). The van der Waals surface area contributed by atoms with Gasteiger partial charge in [0, 0.05) is 24.2 Å². The third-order valence-corrected chi connectivity index (χ3v) is 6.51. The van der Waals surface area contributed by atoms with E-state index in [1.165, 1.54) is 12.8 Å². The summed E-state index contributed by atoms with van der Waals surface area (Å²) in [5, 5.41) is 1.21. The summed E-state index contributed by atoms with van der Waals surface area (Å²) < 4.78 is 71.7. The maximum atomic E-state index is 15.2. The van der Waals surface area contributed by atoms with E-state index in [0.717, 1.165) is 53.7 Å². The van der Waals surface area contributed by atoms with Gasteiger partial charge in [0.2, 0.25) is 0 Å². The molecule has 0 radical (unpaired) electrons. The molecule has 4 aromatic rings. The van der Waals surface area contributed by atoms with Crippen LogP contribution in [0.4, 0.5) is 22.0 Å². The van der Waals surface area contributed by atoms with Crippen LogP contribution >= 0.6 is 0 Å². The largest absolute Gasteiger partial charge is 0.429 e. The molecule has 0 fully saturated rings. The number of hydrogen-bond donors (Lipinski definition) is 0. The zero-order chi connectivity index (χ0) is 27.1. The molecule has 0 bridgehead atoms. The first kappa shape index (κ1) is 27.5. The molecule has 0 aliphatic carbocycles. The molecule has 0 aliphatic heterocycles. The first-order chi connectivity index (χ1) is 18.3. The molecule has 0 saturated heterocycles. The summed E-state index contributed by atoms with van der Waals surface area (Å²) in [4.78, 5) is 8.95. The van der Waals surface area contributed by atoms with Gasteiger partial charge < -0.3 is 4.74 Å². The van der Waals surface area contributed by atoms with Gasteiger partial charge in [0.1, 0.15) is 11.6 Å². The van der Waals surface area contributed by atoms with Gasteiger partial charge in [0.15, 0.2) is 17.4 Å². The fraction of sp³-hybridized carbons (Fsp3) is 0.333. The molecule has 0 N–H and O–H groups in total. The highest BCUT2D eigenvalue weighted by atomic mass is 19.3. The Balaban J connectivity index is 1.39. The van der Waals surface area contributed by atoms with Crippen LogP contribution < -0.4 is 4.74 Å². The van der Waals surface area contributed by atoms with Crippen molar-refractivity contribution < 1.29 is 26.7 Å². The Morgan fingerprint density at radius 1 is 0.737 bits per heavy atom. The first-order valence-corrected chi connectivity index (χ1v) is 12.8. The van der Waals surface area contributed by atoms with E-state index in [2.05, 4.69) is 21.6 Å². The van der Waals surface area contributed by atoms with Gasteiger partial charge >= 0.3 is 6.61 Å². The molecule has 38 heavy (non-hydrogen) atoms. The first-order valence-electron chi connectivity index (χ1n) is 12.8. The summed E-state index contributed by atoms with van der Waals surface area (Å²) in [5.74, 6) is -3.19. The van der Waals surface area contributed by atoms with Crippen molar-refractivity contribution in [2.24, 2.45) is 0 Å². The molecule has 8 heteroatoms. The zero-order valence-corrected chi connectivity index (χ0v) is 21.1. The lowest BCUT2D eigenvalue weighted by Crippen LogP contribution is -2.06. The minimum atomic E-state index is -3.34. The van der Waals surface area contributed by atoms with Gasteiger partial charge in [-0.2, -0.15) is 8.78 Å². The predicted molar refractivity (Wildman–Crippen MR) is 137 cm³/mol. The Morgan fingerprint density at radius 3 is 2.13 bits per heavy atom. The average Bonchev–Trinajstić information content (AvgIpc) is 2.90. The molecular formula is C30H29F5N2O. The lowest BCUT2D eigenvalue weighted by atomic mass is 9.98. The number of nitrogens with zero attached hydrogens (tertiary/aromatic N) is 2. The molecule has 3 nitrogen and oxygen atoms in total. The number of hydrogen-bond acceptors (Lipinski definition) is 3. The van der Waals surface area contributed by atoms with Crippen LogP contribution in [0, 0.1) is 17.5 Å². The molecule has 0 spiro atoms. The molecule has 1 heterocycles. The van der Waals surface area contributed by atoms with Gasteiger partial charge in [0.25, 0.3) is 0 Å². The van der Waals surface area contributed by atoms with E-state index in [1.807, 2.05) is 30.6 Å². The number of ether oxygens (including phenoxy) is 1. The van der Waals surface area contributed by atoms with Gasteiger partial charge in [-0.05, 0) is 71.9 Å². The lowest BCUT2D eigenvalue weighted by molar-refractivity contribution is -0.0546. The predicted octanol–water partition coefficient (Wildman–Crippen LogP) is 7.95. The van der Waals surface area contributed by atoms with Gasteiger partial charge in [-0.15, -0.1) is 0 Å². The van der Waals surface area contributed by atoms with Gasteiger partial charge in [0.05, 0.1) is 0 Å². The number of halogens is 5. The Bertz CT molecular complexity index is 1350. The number of unbranched alkanes of at least 4 members (excludes halogenated alkanes) is 2. The molecule has 1 aromatic heterocycles. The van der Waals surface area contributed by atoms with Crippen LogP contribution in [0.5, 0.6) is 5.75 Å². The minimum absolute atomic E-state index is 0.126. The second-order valence-electron chi connectivity index (χ2n) is 9.33. The highest BCUT2D eigenvalue weighted by Crippen LogP contribution is 2.27. The Hall–Kier alpha value is -3.55. The quantitative estimate of drug-likeness (QED) is 0.138. The van der Waals surface area contributed by atoms with Gasteiger partial charge in [-0.25, -0.2) is 23.1 Å². The molecular weight excluding hydrogens is 499 g/mol. The lowest BCUT2D eigenvalue weighted by Gasteiger charge is -2.11. The molecule has 200 valence electrons. The SMILES string of the molecule is CCCCCc1cnc(CCc2ccc3c(F)c(CCc4cc(F)c(OC(F)F)c(F)c4)ccc3c2)nc1. The molecule has 0 aliphatic rings. The Labute approximate surface area is 218 Å². The summed E-state index contributed by atoms with van der Waals surface area (Å²) in [5.41, 5.74) is 2.80. The number of aryl methyl sites for hydroxylation is 5. The molecule has 3 aromatic carbocycles. The van der Waals surface area contributed by atoms with Crippen molar-refractivity contribution in [3.8, 4) is 5.75 Å². The van der Waals surface area contributed by atoms with Crippen LogP contribution in [-0.2, 0) is 32.1 Å². The van der Waals surface area contributed by atoms with E-state index in [1.54, 1.807) is 12.1 Å². The van der Waals surface area contributed by atoms with Crippen molar-refractivity contribution in [1.82, 2.24) is 9.97 Å². The second-order valence-corrected chi connectivity index (χ2v) is 9.33. The smallest absolute Gasteiger partial charge is 0.387 e. The summed E-state index contributed by atoms with van der Waals surface area (Å²) in [6, 6.07) is 10.9. The zero-order valence-electron chi connectivity index (χ0n) is 21.1. The van der Waals surface area contributed by atoms with E-state index in [9.17, 15) is 17.6 Å². The van der Waals surface area contributed by atoms with Crippen molar-refractivity contribution in [1.29, 1.82) is 0 Å². The summed E-state index contributed by atoms with van der Waals surface area (Å²) in [6.45, 7) is -1.16. The van der Waals surface area contributed by atoms with Gasteiger partial charge in [-0.3, -0.25) is 0 Å². The van der Waals surface area contributed by atoms with E-state index in [4.69, 9.17) is 0 Å². The van der Waals surface area contributed by atoms with Gasteiger partial charge in [-0.1, -0.05) is 50.1 Å². The van der Waals surface area contributed by atoms with E-state index < -0.39 is 29.8 Å². The van der Waals surface area contributed by atoms with E-state index in [0.29, 0.717) is 17.4 Å². The third kappa shape index (κ3) is 7.05. The molecule has 0 saturated carbocycles. The third-order valence-electron chi connectivity index (χ3n) is 6.51. The highest BCUT2D eigenvalue weighted by molar-refractivity contribution is 5.84. The minimum Gasteiger partial charge on any atom is -0.429 e. The van der Waals surface area contributed by atoms with Crippen LogP contribution in [0.3, 0.4) is 0 Å². The van der Waals surface area contributed by atoms with E-state index >= 15 is 4.39 Å². The fourth-order valence-electron chi connectivity index (χ4n) is 4.45. The standard InChI is InChI=1S/C30H29F5N2O/c1-2-3-4-5-21-17-36-27(37-18-21)13-8-19-7-12-24-23(14-19)11-10-22(28(24)33)9-6-20-15-25(31)29(26(32)16-20)38-30(34)35/h7,10-12,14-18,30H,2-6,8-9,13H2,1H3. The second kappa shape index (κ2) is 12.8. The molecule has 0 unspecified atom stereocenters. The summed E-state index contributed by atoms with van der Waals surface area (Å²) >= 11 is 0.